The predicted octanol–water partition coefficient (Wildman–Crippen LogP) is 36.6. The van der Waals surface area contributed by atoms with Crippen molar-refractivity contribution in [2.75, 3.05) is 9.80 Å². The molecule has 21 aromatic carbocycles. The van der Waals surface area contributed by atoms with E-state index in [4.69, 9.17) is 4.74 Å². The highest BCUT2D eigenvalue weighted by atomic mass is 16.5. The van der Waals surface area contributed by atoms with E-state index < -0.39 is 82.1 Å². The third kappa shape index (κ3) is 15.6. The van der Waals surface area contributed by atoms with E-state index in [-0.39, 0.29) is 91.0 Å². The summed E-state index contributed by atoms with van der Waals surface area (Å²) in [6.07, 6.45) is 0. The second-order valence-corrected chi connectivity index (χ2v) is 44.0. The number of fused-ring (bicyclic) bond motifs is 12. The van der Waals surface area contributed by atoms with E-state index in [1.165, 1.54) is 0 Å². The zero-order valence-corrected chi connectivity index (χ0v) is 85.3. The van der Waals surface area contributed by atoms with Crippen LogP contribution in [0.25, 0.3) is 155 Å². The van der Waals surface area contributed by atoms with Crippen LogP contribution in [0.1, 0.15) is 147 Å². The molecule has 0 saturated heterocycles. The van der Waals surface area contributed by atoms with Gasteiger partial charge in [0.2, 0.25) is 0 Å². The third-order valence-electron chi connectivity index (χ3n) is 30.5. The van der Waals surface area contributed by atoms with Crippen LogP contribution in [0.2, 0.25) is 0 Å². The molecule has 0 aliphatic carbocycles. The fourth-order valence-corrected chi connectivity index (χ4v) is 23.1. The highest BCUT2D eigenvalue weighted by molar-refractivity contribution is 7.00. The highest BCUT2D eigenvalue weighted by Crippen LogP contribution is 2.61. The summed E-state index contributed by atoms with van der Waals surface area (Å²) in [5.41, 5.74) is 25.3. The number of hydrogen-bond donors (Lipinski definition) is 0. The topological polar surface area (TPSA) is 25.6 Å². The minimum Gasteiger partial charge on any atom is -0.457 e. The normalized spacial score (nSPS) is 14.5. The van der Waals surface area contributed by atoms with Gasteiger partial charge in [-0.25, -0.2) is 0 Å². The molecule has 0 spiro atoms. The lowest BCUT2D eigenvalue weighted by atomic mass is 9.33. The maximum Gasteiger partial charge on any atom is 0.252 e. The van der Waals surface area contributed by atoms with Gasteiger partial charge in [0.05, 0.1) is 58.0 Å². The van der Waals surface area contributed by atoms with Crippen LogP contribution in [0.3, 0.4) is 0 Å². The van der Waals surface area contributed by atoms with Gasteiger partial charge in [-0.2, -0.15) is 0 Å². The molecule has 2 aromatic heterocycles. The quantitative estimate of drug-likeness (QED) is 0.0957. The van der Waals surface area contributed by atoms with Gasteiger partial charge in [-0.3, -0.25) is 0 Å². The Morgan fingerprint density at radius 2 is 0.564 bits per heavy atom. The van der Waals surface area contributed by atoms with Crippen LogP contribution in [-0.2, 0) is 27.1 Å². The smallest absolute Gasteiger partial charge is 0.252 e. The zero-order chi connectivity index (χ0) is 113. The lowest BCUT2D eigenvalue weighted by molar-refractivity contribution is 0.434. The van der Waals surface area contributed by atoms with Crippen molar-refractivity contribution in [2.24, 2.45) is 0 Å². The van der Waals surface area contributed by atoms with Gasteiger partial charge in [0.15, 0.2) is 0 Å². The van der Waals surface area contributed by atoms with E-state index in [1.54, 1.807) is 9.13 Å². The molecule has 0 unspecified atom stereocenters. The molecule has 6 heteroatoms. The standard InChI is InChI=1S/C143H115BN4O/c1-139(2,3)108-68-75-128-120(84-108)114-61-31-34-64-126(114)145(128)112-70-73-124-130(90-112)147(137-116(101-53-37-49-96(77-101)92-41-19-13-20-42-92)86-110(141(7,8)9)87-117(137)102-54-38-50-97(78-102)93-43-21-14-22-44-93)132-81-105(100-67-72-123-135(83-100)149-134-66-36-33-63-122(134)143(123,106-57-27-17-28-58-106)107-59-29-18-30-60-107)82-133-136(132)144(124)125-74-71-113(146-127-65-35-32-62-115(127)121-85-109(140(4,5)6)69-76-129(121)146)91-131(125)148(133)138-118(103-55-39-51-98(79-103)94-45-23-15-24-46-94)88-111(142(10,11)12)89-119(138)104-56-40-52-99(80-104)95-47-25-16-26-48-95/h13-91H,1-12H3/i31D,32D,34D,35D,61D,62D,64D,65D,68D,69D,75D,76D,84D,85D. The monoisotopic (exact) mass is 1930 g/mol. The van der Waals surface area contributed by atoms with E-state index in [9.17, 15) is 19.2 Å². The average molecular weight is 1930 g/mol. The number of benzene rings is 21. The third-order valence-corrected chi connectivity index (χ3v) is 30.5. The van der Waals surface area contributed by atoms with Crippen molar-refractivity contribution < 1.29 is 23.9 Å². The molecule has 0 N–H and O–H groups in total. The first-order chi connectivity index (χ1) is 78.3. The van der Waals surface area contributed by atoms with Crippen molar-refractivity contribution >= 4 is 101 Å². The molecule has 0 atom stereocenters. The molecule has 5 heterocycles. The summed E-state index contributed by atoms with van der Waals surface area (Å²) in [4.78, 5) is 4.88. The van der Waals surface area contributed by atoms with Gasteiger partial charge < -0.3 is 23.7 Å². The number of hydrogen-bond acceptors (Lipinski definition) is 3. The van der Waals surface area contributed by atoms with Gasteiger partial charge in [0.25, 0.3) is 6.71 Å². The Morgan fingerprint density at radius 3 is 0.940 bits per heavy atom. The van der Waals surface area contributed by atoms with Crippen LogP contribution in [0.5, 0.6) is 11.5 Å². The molecule has 3 aliphatic rings. The molecule has 0 saturated carbocycles. The molecule has 23 aromatic rings. The average Bonchev–Trinajstić information content (AvgIpc) is 1.58. The van der Waals surface area contributed by atoms with Crippen LogP contribution in [-0.4, -0.2) is 15.8 Å². The first-order valence-electron chi connectivity index (χ1n) is 58.5. The van der Waals surface area contributed by atoms with E-state index >= 15 is 0 Å². The van der Waals surface area contributed by atoms with Crippen LogP contribution in [0.15, 0.2) is 479 Å². The number of aromatic nitrogens is 2. The largest absolute Gasteiger partial charge is 0.457 e. The van der Waals surface area contributed by atoms with Gasteiger partial charge in [0.1, 0.15) is 11.5 Å². The van der Waals surface area contributed by atoms with Crippen molar-refractivity contribution in [3.8, 4) is 123 Å². The summed E-state index contributed by atoms with van der Waals surface area (Å²) < 4.78 is 155. The zero-order valence-electron chi connectivity index (χ0n) is 99.3. The summed E-state index contributed by atoms with van der Waals surface area (Å²) in [6.45, 7) is 23.9. The first kappa shape index (κ1) is 77.2. The molecule has 0 bridgehead atoms. The van der Waals surface area contributed by atoms with Crippen molar-refractivity contribution in [1.82, 2.24) is 9.13 Å². The summed E-state index contributed by atoms with van der Waals surface area (Å²) in [7, 11) is 0. The van der Waals surface area contributed by atoms with E-state index in [0.717, 1.165) is 156 Å². The number of ether oxygens (including phenoxy) is 1. The second-order valence-electron chi connectivity index (χ2n) is 44.0. The van der Waals surface area contributed by atoms with Crippen LogP contribution in [0, 0.1) is 0 Å². The van der Waals surface area contributed by atoms with Crippen molar-refractivity contribution in [3.63, 3.8) is 0 Å². The molecule has 0 fully saturated rings. The molecule has 149 heavy (non-hydrogen) atoms. The Morgan fingerprint density at radius 1 is 0.242 bits per heavy atom. The van der Waals surface area contributed by atoms with Crippen LogP contribution in [0.4, 0.5) is 34.1 Å². The minimum atomic E-state index is -0.976. The van der Waals surface area contributed by atoms with Crippen LogP contribution < -0.4 is 30.9 Å². The Hall–Kier alpha value is -17.3. The predicted molar refractivity (Wildman–Crippen MR) is 631 cm³/mol. The lowest BCUT2D eigenvalue weighted by Crippen LogP contribution is -2.61. The maximum absolute atomic E-state index is 10.7. The van der Waals surface area contributed by atoms with E-state index in [2.05, 4.69) is 403 Å². The fourth-order valence-electron chi connectivity index (χ4n) is 23.1. The number of anilines is 6. The van der Waals surface area contributed by atoms with Crippen molar-refractivity contribution in [1.29, 1.82) is 0 Å². The number of para-hydroxylation sites is 3. The van der Waals surface area contributed by atoms with Gasteiger partial charge in [-0.05, 0) is 283 Å². The Labute approximate surface area is 894 Å². The number of rotatable bonds is 15. The Bertz CT molecular complexity index is 9470. The SMILES string of the molecule is [2H]c1c([2H])c([2H])c2c(c1[2H])c1c([2H])c(C(C)(C)C)c([2H])c([2H])c1n2-c1ccc2c(c1)N(c1c(-c3cccc(-c4ccccc4)c3)cc(C(C)(C)C)cc1-c1cccc(-c3ccccc3)c1)c1cc(-c3ccc4c(c3)Oc3ccccc3C4(c3ccccc3)c3ccccc3)cc3c1B2c1ccc(-n2c4c([2H])c([2H])c([2H])c([2H])c4c4c([2H])c(C(C)(C)C)c([2H])c([2H])c42)cc1N3c1c(-c2cccc(-c3ccccc3)c2)cc(C(C)(C)C)cc1-c1cccc(-c2ccccc2)c1. The Balaban J connectivity index is 0.904. The molecular weight excluding hydrogens is 1800 g/mol. The minimum absolute atomic E-state index is 0.00208. The number of nitrogens with zero attached hydrogens (tertiary/aromatic N) is 4. The molecule has 26 rings (SSSR count). The van der Waals surface area contributed by atoms with Gasteiger partial charge in [-0.15, -0.1) is 0 Å². The molecule has 0 radical (unpaired) electrons. The molecule has 0 amide bonds. The van der Waals surface area contributed by atoms with Gasteiger partial charge >= 0.3 is 0 Å². The van der Waals surface area contributed by atoms with Crippen molar-refractivity contribution in [3.05, 3.63) is 523 Å². The molecule has 5 nitrogen and oxygen atoms in total. The molecule has 3 aliphatic heterocycles. The fraction of sp³-hybridized carbons (Fsp3) is 0.119. The van der Waals surface area contributed by atoms with Gasteiger partial charge in [0, 0.05) is 89.0 Å². The van der Waals surface area contributed by atoms with Gasteiger partial charge in [-0.1, -0.05) is 429 Å². The van der Waals surface area contributed by atoms with E-state index in [1.807, 2.05) is 84.0 Å². The maximum atomic E-state index is 10.7. The van der Waals surface area contributed by atoms with Crippen LogP contribution >= 0.6 is 0 Å². The summed E-state index contributed by atoms with van der Waals surface area (Å²) in [6, 6.07) is 134. The molecule has 716 valence electrons. The van der Waals surface area contributed by atoms with E-state index in [0.29, 0.717) is 51.2 Å². The van der Waals surface area contributed by atoms with Crippen molar-refractivity contribution in [2.45, 2.75) is 110 Å². The first-order valence-corrected chi connectivity index (χ1v) is 51.5. The second kappa shape index (κ2) is 35.5. The summed E-state index contributed by atoms with van der Waals surface area (Å²) in [5.74, 6) is 1.24. The summed E-state index contributed by atoms with van der Waals surface area (Å²) in [5, 5.41) is 0.234. The highest BCUT2D eigenvalue weighted by Gasteiger charge is 2.49. The Kier molecular flexibility index (Phi) is 18.4. The lowest BCUT2D eigenvalue weighted by Gasteiger charge is -2.46. The molecular formula is C143H115BN4O. The summed E-state index contributed by atoms with van der Waals surface area (Å²) >= 11 is 0.